The van der Waals surface area contributed by atoms with Crippen molar-refractivity contribution < 1.29 is 4.79 Å². The predicted molar refractivity (Wildman–Crippen MR) is 130 cm³/mol. The molecule has 1 aromatic heterocycles. The summed E-state index contributed by atoms with van der Waals surface area (Å²) in [5.74, 6) is 1.93. The molecule has 5 rings (SSSR count). The minimum absolute atomic E-state index is 0.227. The van der Waals surface area contributed by atoms with Crippen LogP contribution < -0.4 is 4.90 Å². The molecule has 170 valence electrons. The summed E-state index contributed by atoms with van der Waals surface area (Å²) in [6.45, 7) is 9.30. The number of aromatic nitrogens is 1. The fraction of sp³-hybridized carbons (Fsp3) is 0.556. The molecule has 5 heteroatoms. The second kappa shape index (κ2) is 8.86. The van der Waals surface area contributed by atoms with E-state index in [1.165, 1.54) is 43.2 Å². The number of fused-ring (bicyclic) bond motifs is 1. The van der Waals surface area contributed by atoms with Gasteiger partial charge in [0.25, 0.3) is 5.91 Å². The van der Waals surface area contributed by atoms with Crippen LogP contribution in [0.1, 0.15) is 60.5 Å². The second-order valence-corrected chi connectivity index (χ2v) is 10.1. The van der Waals surface area contributed by atoms with Crippen molar-refractivity contribution in [3.05, 3.63) is 47.2 Å². The van der Waals surface area contributed by atoms with E-state index in [1.807, 2.05) is 6.20 Å². The van der Waals surface area contributed by atoms with Gasteiger partial charge >= 0.3 is 0 Å². The van der Waals surface area contributed by atoms with E-state index < -0.39 is 0 Å². The van der Waals surface area contributed by atoms with Crippen molar-refractivity contribution in [3.63, 3.8) is 0 Å². The molecular formula is C27H36N4O. The van der Waals surface area contributed by atoms with Gasteiger partial charge in [-0.3, -0.25) is 4.79 Å². The molecule has 0 bridgehead atoms. The van der Waals surface area contributed by atoms with Crippen LogP contribution in [0.15, 0.2) is 30.5 Å². The molecule has 1 atom stereocenters. The molecule has 3 aliphatic rings. The van der Waals surface area contributed by atoms with Crippen LogP contribution in [0, 0.1) is 12.8 Å². The van der Waals surface area contributed by atoms with Gasteiger partial charge in [-0.25, -0.2) is 4.98 Å². The van der Waals surface area contributed by atoms with E-state index in [4.69, 9.17) is 4.98 Å². The maximum absolute atomic E-state index is 13.3. The molecule has 2 aliphatic heterocycles. The van der Waals surface area contributed by atoms with Crippen LogP contribution in [-0.4, -0.2) is 60.0 Å². The number of rotatable bonds is 4. The monoisotopic (exact) mass is 432 g/mol. The molecule has 1 unspecified atom stereocenters. The summed E-state index contributed by atoms with van der Waals surface area (Å²) in [5, 5.41) is 0. The summed E-state index contributed by atoms with van der Waals surface area (Å²) in [4.78, 5) is 24.9. The van der Waals surface area contributed by atoms with Crippen molar-refractivity contribution in [2.24, 2.45) is 5.92 Å². The molecule has 0 radical (unpaired) electrons. The van der Waals surface area contributed by atoms with Gasteiger partial charge < -0.3 is 14.7 Å². The molecule has 3 heterocycles. The highest BCUT2D eigenvalue weighted by molar-refractivity contribution is 6.00. The highest BCUT2D eigenvalue weighted by atomic mass is 16.2. The van der Waals surface area contributed by atoms with Gasteiger partial charge in [0.05, 0.1) is 0 Å². The maximum Gasteiger partial charge on any atom is 0.255 e. The topological polar surface area (TPSA) is 39.7 Å². The van der Waals surface area contributed by atoms with Gasteiger partial charge in [-0.05, 0) is 74.5 Å². The number of likely N-dealkylation sites (N-methyl/N-ethyl adjacent to an activating group) is 1. The molecule has 32 heavy (non-hydrogen) atoms. The number of nitrogens with zero attached hydrogens (tertiary/aromatic N) is 4. The van der Waals surface area contributed by atoms with E-state index in [0.29, 0.717) is 12.0 Å². The number of pyridine rings is 1. The Labute approximate surface area is 192 Å². The standard InChI is InChI=1S/C27H36N4O/c1-19-15-23(22-9-10-25(28-17-22)30-13-11-29(3)12-14-30)16-24-18-31(27(32)26(19)24)20(2)21-7-5-4-6-8-21/h9-10,15-17,20-21H,4-8,11-14,18H2,1-3H3. The second-order valence-electron chi connectivity index (χ2n) is 10.1. The van der Waals surface area contributed by atoms with Crippen molar-refractivity contribution in [3.8, 4) is 11.1 Å². The SMILES string of the molecule is Cc1cc(-c2ccc(N3CCN(C)CC3)nc2)cc2c1C(=O)N(C(C)C1CCCCC1)C2. The average molecular weight is 433 g/mol. The normalized spacial score (nSPS) is 21.2. The van der Waals surface area contributed by atoms with Crippen LogP contribution in [0.3, 0.4) is 0 Å². The summed E-state index contributed by atoms with van der Waals surface area (Å²) in [6, 6.07) is 9.04. The molecule has 0 N–H and O–H groups in total. The number of anilines is 1. The first kappa shape index (κ1) is 21.4. The highest BCUT2D eigenvalue weighted by Crippen LogP contribution is 2.36. The summed E-state index contributed by atoms with van der Waals surface area (Å²) in [7, 11) is 2.17. The lowest BCUT2D eigenvalue weighted by Gasteiger charge is -2.34. The number of amides is 1. The van der Waals surface area contributed by atoms with E-state index in [1.54, 1.807) is 0 Å². The zero-order valence-corrected chi connectivity index (χ0v) is 19.8. The number of piperazine rings is 1. The van der Waals surface area contributed by atoms with E-state index in [0.717, 1.165) is 55.2 Å². The fourth-order valence-corrected chi connectivity index (χ4v) is 5.84. The fourth-order valence-electron chi connectivity index (χ4n) is 5.84. The molecule has 1 saturated heterocycles. The lowest BCUT2D eigenvalue weighted by Crippen LogP contribution is -2.44. The molecule has 1 aliphatic carbocycles. The third kappa shape index (κ3) is 4.03. The Hall–Kier alpha value is -2.40. The van der Waals surface area contributed by atoms with E-state index in [2.05, 4.69) is 59.9 Å². The first-order chi connectivity index (χ1) is 15.5. The summed E-state index contributed by atoms with van der Waals surface area (Å²) < 4.78 is 0. The van der Waals surface area contributed by atoms with E-state index in [9.17, 15) is 4.79 Å². The van der Waals surface area contributed by atoms with Gasteiger partial charge in [0, 0.05) is 56.1 Å². The lowest BCUT2D eigenvalue weighted by atomic mass is 9.84. The van der Waals surface area contributed by atoms with Crippen LogP contribution in [0.5, 0.6) is 0 Å². The van der Waals surface area contributed by atoms with Gasteiger partial charge in [-0.2, -0.15) is 0 Å². The number of aryl methyl sites for hydroxylation is 1. The van der Waals surface area contributed by atoms with Crippen LogP contribution in [0.2, 0.25) is 0 Å². The Bertz CT molecular complexity index is 972. The predicted octanol–water partition coefficient (Wildman–Crippen LogP) is 4.73. The average Bonchev–Trinajstić information content (AvgIpc) is 3.16. The van der Waals surface area contributed by atoms with Crippen molar-refractivity contribution in [1.82, 2.24) is 14.8 Å². The molecular weight excluding hydrogens is 396 g/mol. The van der Waals surface area contributed by atoms with Gasteiger partial charge in [0.2, 0.25) is 0 Å². The van der Waals surface area contributed by atoms with Crippen molar-refractivity contribution in [2.45, 2.75) is 58.5 Å². The smallest absolute Gasteiger partial charge is 0.255 e. The van der Waals surface area contributed by atoms with Crippen LogP contribution in [0.25, 0.3) is 11.1 Å². The number of hydrogen-bond donors (Lipinski definition) is 0. The number of hydrogen-bond acceptors (Lipinski definition) is 4. The third-order valence-corrected chi connectivity index (χ3v) is 7.96. The van der Waals surface area contributed by atoms with Gasteiger partial charge in [-0.15, -0.1) is 0 Å². The number of carbonyl (C=O) groups is 1. The summed E-state index contributed by atoms with van der Waals surface area (Å²) in [6.07, 6.45) is 8.48. The first-order valence-electron chi connectivity index (χ1n) is 12.4. The molecule has 1 aromatic carbocycles. The van der Waals surface area contributed by atoms with Crippen molar-refractivity contribution in [1.29, 1.82) is 0 Å². The Kier molecular flexibility index (Phi) is 5.93. The van der Waals surface area contributed by atoms with Gasteiger partial charge in [-0.1, -0.05) is 25.3 Å². The molecule has 2 fully saturated rings. The molecule has 5 nitrogen and oxygen atoms in total. The quantitative estimate of drug-likeness (QED) is 0.700. The first-order valence-corrected chi connectivity index (χ1v) is 12.4. The minimum Gasteiger partial charge on any atom is -0.354 e. The number of benzene rings is 1. The summed E-state index contributed by atoms with van der Waals surface area (Å²) in [5.41, 5.74) is 5.48. The van der Waals surface area contributed by atoms with E-state index in [-0.39, 0.29) is 5.91 Å². The van der Waals surface area contributed by atoms with Gasteiger partial charge in [0.1, 0.15) is 5.82 Å². The molecule has 1 amide bonds. The Balaban J connectivity index is 1.35. The highest BCUT2D eigenvalue weighted by Gasteiger charge is 2.35. The van der Waals surface area contributed by atoms with Crippen molar-refractivity contribution >= 4 is 11.7 Å². The number of carbonyl (C=O) groups excluding carboxylic acids is 1. The van der Waals surface area contributed by atoms with E-state index >= 15 is 0 Å². The maximum atomic E-state index is 13.3. The summed E-state index contributed by atoms with van der Waals surface area (Å²) >= 11 is 0. The Morgan fingerprint density at radius 2 is 1.75 bits per heavy atom. The van der Waals surface area contributed by atoms with Gasteiger partial charge in [0.15, 0.2) is 0 Å². The van der Waals surface area contributed by atoms with Crippen LogP contribution in [0.4, 0.5) is 5.82 Å². The lowest BCUT2D eigenvalue weighted by molar-refractivity contribution is 0.0623. The third-order valence-electron chi connectivity index (χ3n) is 7.96. The molecule has 0 spiro atoms. The van der Waals surface area contributed by atoms with Crippen LogP contribution >= 0.6 is 0 Å². The zero-order chi connectivity index (χ0) is 22.2. The van der Waals surface area contributed by atoms with Crippen molar-refractivity contribution in [2.75, 3.05) is 38.1 Å². The zero-order valence-electron chi connectivity index (χ0n) is 19.8. The molecule has 2 aromatic rings. The minimum atomic E-state index is 0.227. The molecule has 1 saturated carbocycles. The Morgan fingerprint density at radius 1 is 1.00 bits per heavy atom. The largest absolute Gasteiger partial charge is 0.354 e. The Morgan fingerprint density at radius 3 is 2.44 bits per heavy atom. The van der Waals surface area contributed by atoms with Crippen LogP contribution in [-0.2, 0) is 6.54 Å².